The predicted molar refractivity (Wildman–Crippen MR) is 139 cm³/mol. The number of hydrogen-bond donors (Lipinski definition) is 0. The molecule has 1 heterocycles. The molecular weight excluding hydrogens is 567 g/mol. The monoisotopic (exact) mass is 578 g/mol. The number of nitrogens with zero attached hydrogens (tertiary/aromatic N) is 2. The van der Waals surface area contributed by atoms with Gasteiger partial charge in [0.1, 0.15) is 18.2 Å². The lowest BCUT2D eigenvalue weighted by molar-refractivity contribution is -0.384. The molecule has 1 saturated heterocycles. The van der Waals surface area contributed by atoms with E-state index >= 15 is 0 Å². The van der Waals surface area contributed by atoms with E-state index in [9.17, 15) is 19.3 Å². The summed E-state index contributed by atoms with van der Waals surface area (Å²) in [6, 6.07) is 15.3. The summed E-state index contributed by atoms with van der Waals surface area (Å²) in [5.74, 6) is -0.495. The second-order valence-electron chi connectivity index (χ2n) is 6.97. The molecule has 0 aromatic heterocycles. The Bertz CT molecular complexity index is 1350. The highest BCUT2D eigenvalue weighted by Crippen LogP contribution is 2.38. The summed E-state index contributed by atoms with van der Waals surface area (Å²) in [6.45, 7) is -0.109. The van der Waals surface area contributed by atoms with E-state index in [0.717, 1.165) is 16.2 Å². The molecule has 0 N–H and O–H groups in total. The highest BCUT2D eigenvalue weighted by Gasteiger charge is 2.34. The van der Waals surface area contributed by atoms with Gasteiger partial charge in [-0.15, -0.1) is 0 Å². The van der Waals surface area contributed by atoms with Crippen LogP contribution in [0.25, 0.3) is 6.08 Å². The van der Waals surface area contributed by atoms with Gasteiger partial charge in [-0.2, -0.15) is 0 Å². The molecule has 0 bridgehead atoms. The summed E-state index contributed by atoms with van der Waals surface area (Å²) in [5, 5.41) is 11.4. The molecule has 0 aliphatic carbocycles. The second kappa shape index (κ2) is 10.2. The van der Waals surface area contributed by atoms with Crippen molar-refractivity contribution in [2.45, 2.75) is 6.61 Å². The smallest absolute Gasteiger partial charge is 0.271 e. The number of thiocarbonyl (C=S) groups is 1. The Kier molecular flexibility index (Phi) is 7.32. The third-order valence-electron chi connectivity index (χ3n) is 4.78. The van der Waals surface area contributed by atoms with E-state index in [-0.39, 0.29) is 27.2 Å². The highest BCUT2D eigenvalue weighted by molar-refractivity contribution is 9.10. The lowest BCUT2D eigenvalue weighted by Gasteiger charge is -2.14. The predicted octanol–water partition coefficient (Wildman–Crippen LogP) is 7.13. The van der Waals surface area contributed by atoms with Crippen molar-refractivity contribution < 1.29 is 18.8 Å². The molecule has 1 fully saturated rings. The van der Waals surface area contributed by atoms with E-state index in [1.807, 2.05) is 0 Å². The lowest BCUT2D eigenvalue weighted by atomic mass is 10.1. The Hall–Kier alpha value is -2.79. The number of nitro benzene ring substituents is 1. The zero-order valence-corrected chi connectivity index (χ0v) is 21.0. The van der Waals surface area contributed by atoms with Gasteiger partial charge in [0.05, 0.1) is 20.5 Å². The van der Waals surface area contributed by atoms with Crippen LogP contribution in [-0.4, -0.2) is 15.2 Å². The summed E-state index contributed by atoms with van der Waals surface area (Å²) in [5.41, 5.74) is 0.932. The SMILES string of the molecule is O=C1/C(=C\c2cc(Br)ccc2OCc2c(F)cccc2Cl)SC(=S)N1c1cccc([N+](=O)[O-])c1. The van der Waals surface area contributed by atoms with Crippen molar-refractivity contribution in [3.63, 3.8) is 0 Å². The molecule has 1 aliphatic rings. The van der Waals surface area contributed by atoms with E-state index < -0.39 is 16.6 Å². The Balaban J connectivity index is 1.63. The number of rotatable bonds is 6. The van der Waals surface area contributed by atoms with Crippen LogP contribution in [0.4, 0.5) is 15.8 Å². The van der Waals surface area contributed by atoms with Gasteiger partial charge in [0.2, 0.25) is 0 Å². The van der Waals surface area contributed by atoms with Crippen molar-refractivity contribution >= 4 is 79.2 Å². The molecule has 3 aromatic rings. The minimum atomic E-state index is -0.538. The van der Waals surface area contributed by atoms with Gasteiger partial charge in [-0.05, 0) is 42.5 Å². The van der Waals surface area contributed by atoms with Crippen LogP contribution in [0.5, 0.6) is 5.75 Å². The average molecular weight is 580 g/mol. The molecule has 1 aliphatic heterocycles. The molecule has 34 heavy (non-hydrogen) atoms. The summed E-state index contributed by atoms with van der Waals surface area (Å²) in [7, 11) is 0. The van der Waals surface area contributed by atoms with Crippen LogP contribution in [0.2, 0.25) is 5.02 Å². The number of carbonyl (C=O) groups excluding carboxylic acids is 1. The van der Waals surface area contributed by atoms with Gasteiger partial charge < -0.3 is 4.74 Å². The Morgan fingerprint density at radius 2 is 1.97 bits per heavy atom. The number of amides is 1. The highest BCUT2D eigenvalue weighted by atomic mass is 79.9. The van der Waals surface area contributed by atoms with Crippen LogP contribution in [0.15, 0.2) is 70.0 Å². The van der Waals surface area contributed by atoms with Gasteiger partial charge in [-0.3, -0.25) is 19.8 Å². The topological polar surface area (TPSA) is 72.7 Å². The molecule has 4 rings (SSSR count). The van der Waals surface area contributed by atoms with Gasteiger partial charge in [0, 0.05) is 27.7 Å². The number of nitro groups is 1. The first-order chi connectivity index (χ1) is 16.2. The van der Waals surface area contributed by atoms with Gasteiger partial charge in [0.25, 0.3) is 11.6 Å². The standard InChI is InChI=1S/C23H13BrClFN2O4S2/c24-14-7-8-20(32-12-17-18(25)5-2-6-19(17)26)13(9-14)10-21-22(29)27(23(33)34-21)15-3-1-4-16(11-15)28(30)31/h1-11H,12H2/b21-10+. The summed E-state index contributed by atoms with van der Waals surface area (Å²) in [6.07, 6.45) is 1.61. The van der Waals surface area contributed by atoms with Crippen LogP contribution in [0.1, 0.15) is 11.1 Å². The normalized spacial score (nSPS) is 14.7. The number of carbonyl (C=O) groups is 1. The van der Waals surface area contributed by atoms with E-state index in [0.29, 0.717) is 21.9 Å². The van der Waals surface area contributed by atoms with Crippen molar-refractivity contribution in [3.05, 3.63) is 102 Å². The fraction of sp³-hybridized carbons (Fsp3) is 0.0435. The van der Waals surface area contributed by atoms with E-state index in [2.05, 4.69) is 15.9 Å². The average Bonchev–Trinajstić information content (AvgIpc) is 3.07. The van der Waals surface area contributed by atoms with Crippen LogP contribution in [-0.2, 0) is 11.4 Å². The van der Waals surface area contributed by atoms with Crippen molar-refractivity contribution in [3.8, 4) is 5.75 Å². The number of anilines is 1. The largest absolute Gasteiger partial charge is 0.488 e. The van der Waals surface area contributed by atoms with Crippen molar-refractivity contribution in [2.75, 3.05) is 4.90 Å². The molecule has 0 spiro atoms. The van der Waals surface area contributed by atoms with Crippen LogP contribution >= 0.6 is 51.5 Å². The number of non-ortho nitro benzene ring substituents is 1. The molecule has 0 saturated carbocycles. The zero-order chi connectivity index (χ0) is 24.4. The molecule has 11 heteroatoms. The fourth-order valence-electron chi connectivity index (χ4n) is 3.16. The number of hydrogen-bond acceptors (Lipinski definition) is 6. The molecule has 0 radical (unpaired) electrons. The third kappa shape index (κ3) is 5.15. The minimum absolute atomic E-state index is 0.109. The van der Waals surface area contributed by atoms with Crippen molar-refractivity contribution in [1.82, 2.24) is 0 Å². The minimum Gasteiger partial charge on any atom is -0.488 e. The number of ether oxygens (including phenoxy) is 1. The first-order valence-electron chi connectivity index (χ1n) is 9.62. The van der Waals surface area contributed by atoms with E-state index in [4.69, 9.17) is 28.6 Å². The Morgan fingerprint density at radius 3 is 2.71 bits per heavy atom. The maximum absolute atomic E-state index is 14.1. The van der Waals surface area contributed by atoms with Crippen LogP contribution in [0.3, 0.4) is 0 Å². The number of benzene rings is 3. The van der Waals surface area contributed by atoms with Gasteiger partial charge in [0.15, 0.2) is 4.32 Å². The molecule has 6 nitrogen and oxygen atoms in total. The van der Waals surface area contributed by atoms with Gasteiger partial charge in [-0.25, -0.2) is 4.39 Å². The molecule has 0 unspecified atom stereocenters. The molecule has 1 amide bonds. The second-order valence-corrected chi connectivity index (χ2v) is 9.96. The van der Waals surface area contributed by atoms with E-state index in [1.54, 1.807) is 36.4 Å². The first-order valence-corrected chi connectivity index (χ1v) is 12.0. The zero-order valence-electron chi connectivity index (χ0n) is 17.0. The Labute approximate surface area is 216 Å². The third-order valence-corrected chi connectivity index (χ3v) is 6.93. The summed E-state index contributed by atoms with van der Waals surface area (Å²) < 4.78 is 20.9. The summed E-state index contributed by atoms with van der Waals surface area (Å²) >= 11 is 15.9. The molecule has 3 aromatic carbocycles. The summed E-state index contributed by atoms with van der Waals surface area (Å²) in [4.78, 5) is 25.3. The molecule has 172 valence electrons. The van der Waals surface area contributed by atoms with Gasteiger partial charge in [-0.1, -0.05) is 63.6 Å². The van der Waals surface area contributed by atoms with Crippen molar-refractivity contribution in [2.24, 2.45) is 0 Å². The number of thioether (sulfide) groups is 1. The van der Waals surface area contributed by atoms with Crippen LogP contribution < -0.4 is 9.64 Å². The maximum Gasteiger partial charge on any atom is 0.271 e. The first kappa shape index (κ1) is 24.3. The quantitative estimate of drug-likeness (QED) is 0.134. The van der Waals surface area contributed by atoms with Crippen molar-refractivity contribution in [1.29, 1.82) is 0 Å². The Morgan fingerprint density at radius 1 is 1.21 bits per heavy atom. The van der Waals surface area contributed by atoms with Gasteiger partial charge >= 0.3 is 0 Å². The maximum atomic E-state index is 14.1. The molecular formula is C23H13BrClFN2O4S2. The van der Waals surface area contributed by atoms with Crippen LogP contribution in [0, 0.1) is 15.9 Å². The number of halogens is 3. The molecule has 0 atom stereocenters. The fourth-order valence-corrected chi connectivity index (χ4v) is 5.05. The van der Waals surface area contributed by atoms with E-state index in [1.165, 1.54) is 35.2 Å². The lowest BCUT2D eigenvalue weighted by Crippen LogP contribution is -2.27.